The lowest BCUT2D eigenvalue weighted by molar-refractivity contribution is 0.607. The van der Waals surface area contributed by atoms with Gasteiger partial charge in [-0.15, -0.1) is 11.3 Å². The highest BCUT2D eigenvalue weighted by Crippen LogP contribution is 2.33. The molecule has 2 rings (SSSR count). The smallest absolute Gasteiger partial charge is 0.229 e. The highest BCUT2D eigenvalue weighted by atomic mass is 127. The molecular weight excluding hydrogens is 345 g/mol. The first kappa shape index (κ1) is 11.2. The topological polar surface area (TPSA) is 46.2 Å². The van der Waals surface area contributed by atoms with E-state index >= 15 is 0 Å². The SMILES string of the molecule is CS(=O)(=O)Nc1cccc2scc(I)c12. The minimum Gasteiger partial charge on any atom is -0.283 e. The van der Waals surface area contributed by atoms with Crippen molar-refractivity contribution >= 4 is 59.7 Å². The maximum Gasteiger partial charge on any atom is 0.229 e. The van der Waals surface area contributed by atoms with Crippen LogP contribution in [0, 0.1) is 3.57 Å². The van der Waals surface area contributed by atoms with Crippen molar-refractivity contribution < 1.29 is 8.42 Å². The lowest BCUT2D eigenvalue weighted by Gasteiger charge is -2.05. The van der Waals surface area contributed by atoms with Crippen molar-refractivity contribution in [1.82, 2.24) is 0 Å². The Morgan fingerprint density at radius 2 is 2.13 bits per heavy atom. The number of fused-ring (bicyclic) bond motifs is 1. The average Bonchev–Trinajstić information content (AvgIpc) is 2.46. The van der Waals surface area contributed by atoms with Gasteiger partial charge >= 0.3 is 0 Å². The lowest BCUT2D eigenvalue weighted by Crippen LogP contribution is -2.09. The van der Waals surface area contributed by atoms with E-state index in [1.54, 1.807) is 17.4 Å². The van der Waals surface area contributed by atoms with E-state index in [2.05, 4.69) is 27.3 Å². The first-order valence-electron chi connectivity index (χ1n) is 4.11. The fourth-order valence-corrected chi connectivity index (χ4v) is 3.89. The summed E-state index contributed by atoms with van der Waals surface area (Å²) in [7, 11) is -3.21. The number of halogens is 1. The Balaban J connectivity index is 2.65. The predicted octanol–water partition coefficient (Wildman–Crippen LogP) is 2.88. The molecule has 0 aliphatic heterocycles. The van der Waals surface area contributed by atoms with Gasteiger partial charge in [-0.2, -0.15) is 0 Å². The largest absolute Gasteiger partial charge is 0.283 e. The Morgan fingerprint density at radius 3 is 2.80 bits per heavy atom. The number of sulfonamides is 1. The summed E-state index contributed by atoms with van der Waals surface area (Å²) in [5, 5.41) is 2.99. The molecule has 0 radical (unpaired) electrons. The van der Waals surface area contributed by atoms with Crippen LogP contribution in [0.4, 0.5) is 5.69 Å². The lowest BCUT2D eigenvalue weighted by atomic mass is 10.2. The zero-order valence-electron chi connectivity index (χ0n) is 7.82. The molecule has 0 saturated carbocycles. The molecule has 0 atom stereocenters. The molecule has 1 aromatic heterocycles. The van der Waals surface area contributed by atoms with Gasteiger partial charge in [0, 0.05) is 19.0 Å². The number of benzene rings is 1. The van der Waals surface area contributed by atoms with Crippen molar-refractivity contribution in [3.63, 3.8) is 0 Å². The number of nitrogens with one attached hydrogen (secondary N) is 1. The fourth-order valence-electron chi connectivity index (χ4n) is 1.33. The minimum absolute atomic E-state index is 0.653. The molecule has 0 aliphatic rings. The van der Waals surface area contributed by atoms with Crippen LogP contribution in [0.15, 0.2) is 23.6 Å². The van der Waals surface area contributed by atoms with Crippen LogP contribution < -0.4 is 4.72 Å². The van der Waals surface area contributed by atoms with E-state index in [1.807, 2.05) is 17.5 Å². The van der Waals surface area contributed by atoms with E-state index in [9.17, 15) is 8.42 Å². The van der Waals surface area contributed by atoms with E-state index in [0.717, 1.165) is 19.9 Å². The summed E-state index contributed by atoms with van der Waals surface area (Å²) in [5.41, 5.74) is 0.653. The van der Waals surface area contributed by atoms with E-state index in [1.165, 1.54) is 0 Å². The Labute approximate surface area is 106 Å². The third kappa shape index (κ3) is 2.43. The van der Waals surface area contributed by atoms with Crippen molar-refractivity contribution in [2.45, 2.75) is 0 Å². The van der Waals surface area contributed by atoms with Crippen LogP contribution in [-0.2, 0) is 10.0 Å². The first-order valence-corrected chi connectivity index (χ1v) is 7.96. The molecular formula is C9H8INO2S2. The van der Waals surface area contributed by atoms with Crippen LogP contribution in [0.3, 0.4) is 0 Å². The molecule has 6 heteroatoms. The number of hydrogen-bond donors (Lipinski definition) is 1. The molecule has 0 bridgehead atoms. The average molecular weight is 353 g/mol. The van der Waals surface area contributed by atoms with Gasteiger partial charge in [0.1, 0.15) is 0 Å². The zero-order valence-corrected chi connectivity index (χ0v) is 11.6. The first-order chi connectivity index (χ1) is 6.97. The van der Waals surface area contributed by atoms with Gasteiger partial charge in [-0.05, 0) is 34.7 Å². The molecule has 0 saturated heterocycles. The summed E-state index contributed by atoms with van der Waals surface area (Å²) in [4.78, 5) is 0. The van der Waals surface area contributed by atoms with Crippen LogP contribution in [0.2, 0.25) is 0 Å². The van der Waals surface area contributed by atoms with E-state index in [0.29, 0.717) is 5.69 Å². The number of rotatable bonds is 2. The number of hydrogen-bond acceptors (Lipinski definition) is 3. The standard InChI is InChI=1S/C9H8INO2S2/c1-15(12,13)11-7-3-2-4-8-9(7)6(10)5-14-8/h2-5,11H,1H3. The molecule has 2 aromatic rings. The van der Waals surface area contributed by atoms with E-state index in [4.69, 9.17) is 0 Å². The Kier molecular flexibility index (Phi) is 2.91. The predicted molar refractivity (Wildman–Crippen MR) is 73.0 cm³/mol. The molecule has 1 aromatic carbocycles. The summed E-state index contributed by atoms with van der Waals surface area (Å²) in [5.74, 6) is 0. The molecule has 0 unspecified atom stereocenters. The summed E-state index contributed by atoms with van der Waals surface area (Å²) < 4.78 is 27.0. The Hall–Kier alpha value is -0.340. The molecule has 1 N–H and O–H groups in total. The maximum absolute atomic E-state index is 11.2. The summed E-state index contributed by atoms with van der Waals surface area (Å²) in [6, 6.07) is 5.61. The molecule has 1 heterocycles. The minimum atomic E-state index is -3.21. The molecule has 0 aliphatic carbocycles. The molecule has 0 amide bonds. The van der Waals surface area contributed by atoms with Crippen LogP contribution >= 0.6 is 33.9 Å². The highest BCUT2D eigenvalue weighted by molar-refractivity contribution is 14.1. The quantitative estimate of drug-likeness (QED) is 0.844. The van der Waals surface area contributed by atoms with E-state index in [-0.39, 0.29) is 0 Å². The molecule has 0 spiro atoms. The molecule has 15 heavy (non-hydrogen) atoms. The molecule has 80 valence electrons. The van der Waals surface area contributed by atoms with Crippen molar-refractivity contribution in [3.8, 4) is 0 Å². The van der Waals surface area contributed by atoms with Gasteiger partial charge in [-0.1, -0.05) is 6.07 Å². The second-order valence-electron chi connectivity index (χ2n) is 3.14. The normalized spacial score (nSPS) is 11.9. The van der Waals surface area contributed by atoms with Gasteiger partial charge in [0.2, 0.25) is 10.0 Å². The van der Waals surface area contributed by atoms with Crippen LogP contribution in [0.5, 0.6) is 0 Å². The van der Waals surface area contributed by atoms with Gasteiger partial charge in [0.25, 0.3) is 0 Å². The monoisotopic (exact) mass is 353 g/mol. The number of anilines is 1. The van der Waals surface area contributed by atoms with Crippen molar-refractivity contribution in [3.05, 3.63) is 27.1 Å². The summed E-state index contributed by atoms with van der Waals surface area (Å²) in [6.07, 6.45) is 1.16. The summed E-state index contributed by atoms with van der Waals surface area (Å²) >= 11 is 3.82. The van der Waals surface area contributed by atoms with Gasteiger partial charge in [-0.3, -0.25) is 4.72 Å². The second-order valence-corrected chi connectivity index (χ2v) is 6.96. The van der Waals surface area contributed by atoms with Crippen molar-refractivity contribution in [1.29, 1.82) is 0 Å². The second kappa shape index (κ2) is 3.91. The van der Waals surface area contributed by atoms with Crippen LogP contribution in [0.25, 0.3) is 10.1 Å². The molecule has 3 nitrogen and oxygen atoms in total. The molecule has 0 fully saturated rings. The van der Waals surface area contributed by atoms with E-state index < -0.39 is 10.0 Å². The zero-order chi connectivity index (χ0) is 11.1. The third-order valence-corrected chi connectivity index (χ3v) is 4.66. The van der Waals surface area contributed by atoms with Crippen LogP contribution in [0.1, 0.15) is 0 Å². The van der Waals surface area contributed by atoms with Crippen molar-refractivity contribution in [2.75, 3.05) is 11.0 Å². The van der Waals surface area contributed by atoms with Gasteiger partial charge < -0.3 is 0 Å². The van der Waals surface area contributed by atoms with Gasteiger partial charge in [0.05, 0.1) is 11.9 Å². The third-order valence-electron chi connectivity index (χ3n) is 1.85. The van der Waals surface area contributed by atoms with Crippen molar-refractivity contribution in [2.24, 2.45) is 0 Å². The highest BCUT2D eigenvalue weighted by Gasteiger charge is 2.09. The fraction of sp³-hybridized carbons (Fsp3) is 0.111. The Bertz CT molecular complexity index is 604. The van der Waals surface area contributed by atoms with Crippen LogP contribution in [-0.4, -0.2) is 14.7 Å². The van der Waals surface area contributed by atoms with Gasteiger partial charge in [0.15, 0.2) is 0 Å². The Morgan fingerprint density at radius 1 is 1.40 bits per heavy atom. The summed E-state index contributed by atoms with van der Waals surface area (Å²) in [6.45, 7) is 0. The van der Waals surface area contributed by atoms with Gasteiger partial charge in [-0.25, -0.2) is 8.42 Å². The maximum atomic E-state index is 11.2. The number of thiophene rings is 1.